The summed E-state index contributed by atoms with van der Waals surface area (Å²) in [6.07, 6.45) is 6.05. The maximum atomic E-state index is 4.61. The van der Waals surface area contributed by atoms with Crippen LogP contribution in [0, 0.1) is 0 Å². The lowest BCUT2D eigenvalue weighted by molar-refractivity contribution is 0.855. The minimum absolute atomic E-state index is 0.638. The zero-order valence-electron chi connectivity index (χ0n) is 12.3. The topological polar surface area (TPSA) is 72.3 Å². The average molecular weight is 302 g/mol. The molecule has 1 fully saturated rings. The fraction of sp³-hybridized carbons (Fsp3) is 0.176. The second-order valence-corrected chi connectivity index (χ2v) is 5.84. The van der Waals surface area contributed by atoms with E-state index in [1.165, 1.54) is 18.5 Å². The van der Waals surface area contributed by atoms with Crippen molar-refractivity contribution >= 4 is 11.0 Å². The molecule has 0 bridgehead atoms. The molecule has 1 aliphatic carbocycles. The highest BCUT2D eigenvalue weighted by Gasteiger charge is 2.26. The van der Waals surface area contributed by atoms with Gasteiger partial charge in [-0.05, 0) is 12.8 Å². The molecule has 0 radical (unpaired) electrons. The van der Waals surface area contributed by atoms with Crippen LogP contribution >= 0.6 is 0 Å². The molecule has 6 heteroatoms. The summed E-state index contributed by atoms with van der Waals surface area (Å²) in [5.41, 5.74) is 3.86. The van der Waals surface area contributed by atoms with Gasteiger partial charge in [0.15, 0.2) is 11.6 Å². The predicted octanol–water partition coefficient (Wildman–Crippen LogP) is 3.08. The fourth-order valence-corrected chi connectivity index (χ4v) is 2.77. The molecule has 0 spiro atoms. The molecule has 0 saturated heterocycles. The zero-order chi connectivity index (χ0) is 15.2. The van der Waals surface area contributed by atoms with Crippen LogP contribution in [-0.2, 0) is 0 Å². The molecule has 0 aliphatic heterocycles. The van der Waals surface area contributed by atoms with Gasteiger partial charge in [0.1, 0.15) is 11.0 Å². The molecule has 112 valence electrons. The average Bonchev–Trinajstić information content (AvgIpc) is 3.19. The molecule has 0 amide bonds. The first kappa shape index (κ1) is 12.5. The van der Waals surface area contributed by atoms with E-state index in [0.29, 0.717) is 11.7 Å². The Morgan fingerprint density at radius 2 is 1.96 bits per heavy atom. The Labute approximate surface area is 132 Å². The van der Waals surface area contributed by atoms with Gasteiger partial charge < -0.3 is 0 Å². The Morgan fingerprint density at radius 1 is 1.09 bits per heavy atom. The van der Waals surface area contributed by atoms with E-state index in [-0.39, 0.29) is 0 Å². The van der Waals surface area contributed by atoms with Crippen LogP contribution in [0.3, 0.4) is 0 Å². The number of H-pyrrole nitrogens is 1. The first-order valence-electron chi connectivity index (χ1n) is 7.70. The highest BCUT2D eigenvalue weighted by Crippen LogP contribution is 2.39. The van der Waals surface area contributed by atoms with E-state index >= 15 is 0 Å². The SMILES string of the molecule is c1ccc(-c2ncc3c(cnn3-c3cc(C4CC4)[nH]n3)n2)cc1. The van der Waals surface area contributed by atoms with E-state index in [1.54, 1.807) is 10.9 Å². The molecule has 1 aliphatic rings. The maximum Gasteiger partial charge on any atom is 0.175 e. The van der Waals surface area contributed by atoms with E-state index in [0.717, 1.165) is 22.4 Å². The van der Waals surface area contributed by atoms with Crippen molar-refractivity contribution in [3.8, 4) is 17.2 Å². The summed E-state index contributed by atoms with van der Waals surface area (Å²) in [5, 5.41) is 11.9. The van der Waals surface area contributed by atoms with Crippen molar-refractivity contribution in [1.29, 1.82) is 0 Å². The molecular formula is C17H14N6. The number of hydrogen-bond donors (Lipinski definition) is 1. The molecule has 0 atom stereocenters. The Balaban J connectivity index is 1.58. The minimum atomic E-state index is 0.638. The molecule has 3 aromatic heterocycles. The number of aromatic nitrogens is 6. The monoisotopic (exact) mass is 302 g/mol. The van der Waals surface area contributed by atoms with E-state index in [2.05, 4.69) is 31.3 Å². The molecule has 3 heterocycles. The summed E-state index contributed by atoms with van der Waals surface area (Å²) in [6, 6.07) is 12.0. The van der Waals surface area contributed by atoms with Gasteiger partial charge in [-0.1, -0.05) is 30.3 Å². The number of nitrogens with one attached hydrogen (secondary N) is 1. The molecule has 1 N–H and O–H groups in total. The van der Waals surface area contributed by atoms with Crippen LogP contribution in [0.4, 0.5) is 0 Å². The summed E-state index contributed by atoms with van der Waals surface area (Å²) in [7, 11) is 0. The van der Waals surface area contributed by atoms with Gasteiger partial charge in [0.25, 0.3) is 0 Å². The summed E-state index contributed by atoms with van der Waals surface area (Å²) in [4.78, 5) is 9.09. The first-order valence-corrected chi connectivity index (χ1v) is 7.70. The van der Waals surface area contributed by atoms with Gasteiger partial charge >= 0.3 is 0 Å². The van der Waals surface area contributed by atoms with Gasteiger partial charge in [-0.2, -0.15) is 10.2 Å². The Morgan fingerprint density at radius 3 is 2.78 bits per heavy atom. The standard InChI is InChI=1S/C17H14N6/c1-2-4-12(5-3-1)17-18-10-15-14(20-17)9-19-23(15)16-8-13(21-22-16)11-6-7-11/h1-5,8-11H,6-7H2,(H,21,22). The number of aromatic amines is 1. The Kier molecular flexibility index (Phi) is 2.58. The maximum absolute atomic E-state index is 4.61. The second kappa shape index (κ2) is 4.74. The van der Waals surface area contributed by atoms with Crippen molar-refractivity contribution in [2.75, 3.05) is 0 Å². The number of benzene rings is 1. The third kappa shape index (κ3) is 2.11. The Hall–Kier alpha value is -3.02. The van der Waals surface area contributed by atoms with Crippen LogP contribution in [-0.4, -0.2) is 29.9 Å². The zero-order valence-corrected chi connectivity index (χ0v) is 12.3. The summed E-state index contributed by atoms with van der Waals surface area (Å²) in [5.74, 6) is 2.13. The molecule has 6 nitrogen and oxygen atoms in total. The molecule has 23 heavy (non-hydrogen) atoms. The molecular weight excluding hydrogens is 288 g/mol. The lowest BCUT2D eigenvalue weighted by Crippen LogP contribution is -1.97. The number of nitrogens with zero attached hydrogens (tertiary/aromatic N) is 5. The van der Waals surface area contributed by atoms with Crippen LogP contribution in [0.2, 0.25) is 0 Å². The molecule has 4 aromatic rings. The third-order valence-corrected chi connectivity index (χ3v) is 4.17. The van der Waals surface area contributed by atoms with Crippen molar-refractivity contribution in [2.24, 2.45) is 0 Å². The van der Waals surface area contributed by atoms with Crippen LogP contribution < -0.4 is 0 Å². The predicted molar refractivity (Wildman–Crippen MR) is 86.2 cm³/mol. The van der Waals surface area contributed by atoms with Crippen LogP contribution in [0.5, 0.6) is 0 Å². The lowest BCUT2D eigenvalue weighted by Gasteiger charge is -2.01. The van der Waals surface area contributed by atoms with Gasteiger partial charge in [-0.15, -0.1) is 0 Å². The largest absolute Gasteiger partial charge is 0.280 e. The van der Waals surface area contributed by atoms with Crippen molar-refractivity contribution in [3.05, 3.63) is 54.5 Å². The van der Waals surface area contributed by atoms with Gasteiger partial charge in [-0.3, -0.25) is 5.10 Å². The summed E-state index contributed by atoms with van der Waals surface area (Å²) in [6.45, 7) is 0. The van der Waals surface area contributed by atoms with Crippen molar-refractivity contribution < 1.29 is 0 Å². The number of hydrogen-bond acceptors (Lipinski definition) is 4. The lowest BCUT2D eigenvalue weighted by atomic mass is 10.2. The first-order chi connectivity index (χ1) is 11.4. The van der Waals surface area contributed by atoms with E-state index < -0.39 is 0 Å². The highest BCUT2D eigenvalue weighted by atomic mass is 15.4. The number of fused-ring (bicyclic) bond motifs is 1. The molecule has 0 unspecified atom stereocenters. The van der Waals surface area contributed by atoms with Gasteiger partial charge in [-0.25, -0.2) is 14.6 Å². The summed E-state index contributed by atoms with van der Waals surface area (Å²) >= 11 is 0. The van der Waals surface area contributed by atoms with E-state index in [4.69, 9.17) is 0 Å². The smallest absolute Gasteiger partial charge is 0.175 e. The minimum Gasteiger partial charge on any atom is -0.280 e. The van der Waals surface area contributed by atoms with Gasteiger partial charge in [0.05, 0.1) is 12.4 Å². The molecule has 1 saturated carbocycles. The van der Waals surface area contributed by atoms with Gasteiger partial charge in [0, 0.05) is 23.2 Å². The van der Waals surface area contributed by atoms with E-state index in [9.17, 15) is 0 Å². The van der Waals surface area contributed by atoms with Crippen molar-refractivity contribution in [2.45, 2.75) is 18.8 Å². The fourth-order valence-electron chi connectivity index (χ4n) is 2.77. The number of rotatable bonds is 3. The van der Waals surface area contributed by atoms with Crippen LogP contribution in [0.1, 0.15) is 24.5 Å². The van der Waals surface area contributed by atoms with Gasteiger partial charge in [0.2, 0.25) is 0 Å². The van der Waals surface area contributed by atoms with Crippen molar-refractivity contribution in [3.63, 3.8) is 0 Å². The Bertz CT molecular complexity index is 981. The van der Waals surface area contributed by atoms with Crippen molar-refractivity contribution in [1.82, 2.24) is 29.9 Å². The van der Waals surface area contributed by atoms with E-state index in [1.807, 2.05) is 36.5 Å². The molecule has 1 aromatic carbocycles. The summed E-state index contributed by atoms with van der Waals surface area (Å²) < 4.78 is 1.78. The quantitative estimate of drug-likeness (QED) is 0.631. The second-order valence-electron chi connectivity index (χ2n) is 5.84. The van der Waals surface area contributed by atoms with Crippen LogP contribution in [0.15, 0.2) is 48.8 Å². The van der Waals surface area contributed by atoms with Crippen LogP contribution in [0.25, 0.3) is 28.2 Å². The third-order valence-electron chi connectivity index (χ3n) is 4.17. The molecule has 5 rings (SSSR count). The highest BCUT2D eigenvalue weighted by molar-refractivity contribution is 5.77. The normalized spacial score (nSPS) is 14.4.